The van der Waals surface area contributed by atoms with Crippen molar-refractivity contribution in [2.45, 2.75) is 13.5 Å². The first-order valence-corrected chi connectivity index (χ1v) is 8.69. The average Bonchev–Trinajstić information content (AvgIpc) is 3.17. The lowest BCUT2D eigenvalue weighted by atomic mass is 10.1. The molecule has 4 rings (SSSR count). The molecule has 0 aliphatic carbocycles. The highest BCUT2D eigenvalue weighted by Gasteiger charge is 2.22. The summed E-state index contributed by atoms with van der Waals surface area (Å²) >= 11 is 1.66. The van der Waals surface area contributed by atoms with Gasteiger partial charge in [-0.3, -0.25) is 4.98 Å². The minimum atomic E-state index is -0.973. The van der Waals surface area contributed by atoms with Crippen LogP contribution < -0.4 is 0 Å². The number of imidazole rings is 1. The Morgan fingerprint density at radius 3 is 2.84 bits per heavy atom. The lowest BCUT2D eigenvalue weighted by Crippen LogP contribution is -2.11. The van der Waals surface area contributed by atoms with Crippen LogP contribution in [0.2, 0.25) is 0 Å². The van der Waals surface area contributed by atoms with Crippen molar-refractivity contribution in [1.82, 2.24) is 14.5 Å². The van der Waals surface area contributed by atoms with Gasteiger partial charge in [-0.15, -0.1) is 11.3 Å². The number of fused-ring (bicyclic) bond motifs is 1. The van der Waals surface area contributed by atoms with Crippen molar-refractivity contribution in [3.8, 4) is 11.4 Å². The number of carbonyl (C=O) groups is 1. The maximum absolute atomic E-state index is 11.8. The van der Waals surface area contributed by atoms with Crippen molar-refractivity contribution >= 4 is 27.4 Å². The first-order valence-electron chi connectivity index (χ1n) is 7.81. The molecule has 0 radical (unpaired) electrons. The average molecular weight is 349 g/mol. The molecule has 0 spiro atoms. The third kappa shape index (κ3) is 2.70. The highest BCUT2D eigenvalue weighted by molar-refractivity contribution is 7.17. The number of thiophene rings is 1. The lowest BCUT2D eigenvalue weighted by molar-refractivity contribution is 0.0685. The highest BCUT2D eigenvalue weighted by Crippen LogP contribution is 2.29. The Kier molecular flexibility index (Phi) is 3.82. The Morgan fingerprint density at radius 2 is 2.08 bits per heavy atom. The summed E-state index contributed by atoms with van der Waals surface area (Å²) in [6.07, 6.45) is 3.39. The molecule has 0 fully saturated rings. The van der Waals surface area contributed by atoms with Crippen LogP contribution in [0, 0.1) is 6.92 Å². The molecule has 0 saturated heterocycles. The molecule has 0 aliphatic heterocycles. The smallest absolute Gasteiger partial charge is 0.354 e. The molecule has 4 aromatic rings. The van der Waals surface area contributed by atoms with Gasteiger partial charge in [0.15, 0.2) is 5.69 Å². The minimum absolute atomic E-state index is 0.217. The first-order chi connectivity index (χ1) is 12.1. The summed E-state index contributed by atoms with van der Waals surface area (Å²) in [5.41, 5.74) is 2.61. The molecule has 0 unspecified atom stereocenters. The second kappa shape index (κ2) is 6.14. The molecule has 6 heteroatoms. The maximum atomic E-state index is 11.8. The van der Waals surface area contributed by atoms with Gasteiger partial charge in [0.1, 0.15) is 5.82 Å². The van der Waals surface area contributed by atoms with Crippen LogP contribution in [0.15, 0.2) is 54.2 Å². The molecule has 5 nitrogen and oxygen atoms in total. The SMILES string of the molecule is Cc1nc(-c2cccnc2)n(Cc2csc3ccccc23)c1C(=O)O. The molecular formula is C19H15N3O2S. The molecule has 0 aliphatic rings. The largest absolute Gasteiger partial charge is 0.477 e. The molecule has 124 valence electrons. The van der Waals surface area contributed by atoms with E-state index in [2.05, 4.69) is 27.5 Å². The van der Waals surface area contributed by atoms with E-state index >= 15 is 0 Å². The highest BCUT2D eigenvalue weighted by atomic mass is 32.1. The van der Waals surface area contributed by atoms with E-state index < -0.39 is 5.97 Å². The summed E-state index contributed by atoms with van der Waals surface area (Å²) in [4.78, 5) is 20.4. The Labute approximate surface area is 148 Å². The van der Waals surface area contributed by atoms with Gasteiger partial charge >= 0.3 is 5.97 Å². The van der Waals surface area contributed by atoms with Crippen LogP contribution in [-0.4, -0.2) is 25.6 Å². The number of nitrogens with zero attached hydrogens (tertiary/aromatic N) is 3. The van der Waals surface area contributed by atoms with E-state index in [1.54, 1.807) is 35.2 Å². The third-order valence-electron chi connectivity index (χ3n) is 4.15. The normalized spacial score (nSPS) is 11.1. The van der Waals surface area contributed by atoms with Crippen molar-refractivity contribution in [1.29, 1.82) is 0 Å². The van der Waals surface area contributed by atoms with Crippen LogP contribution in [0.25, 0.3) is 21.5 Å². The number of carboxylic acid groups (broad SMARTS) is 1. The van der Waals surface area contributed by atoms with Gasteiger partial charge < -0.3 is 9.67 Å². The molecule has 0 amide bonds. The zero-order valence-electron chi connectivity index (χ0n) is 13.5. The van der Waals surface area contributed by atoms with E-state index in [-0.39, 0.29) is 5.69 Å². The molecule has 3 aromatic heterocycles. The number of hydrogen-bond acceptors (Lipinski definition) is 4. The van der Waals surface area contributed by atoms with Gasteiger partial charge in [0.25, 0.3) is 0 Å². The van der Waals surface area contributed by atoms with E-state index in [0.717, 1.165) is 16.5 Å². The Morgan fingerprint density at radius 1 is 1.24 bits per heavy atom. The van der Waals surface area contributed by atoms with Gasteiger partial charge in [-0.1, -0.05) is 18.2 Å². The topological polar surface area (TPSA) is 68.0 Å². The van der Waals surface area contributed by atoms with Crippen molar-refractivity contribution in [3.63, 3.8) is 0 Å². The second-order valence-electron chi connectivity index (χ2n) is 5.76. The van der Waals surface area contributed by atoms with Crippen LogP contribution in [0.4, 0.5) is 0 Å². The molecular weight excluding hydrogens is 334 g/mol. The molecule has 1 aromatic carbocycles. The Hall–Kier alpha value is -2.99. The van der Waals surface area contributed by atoms with Gasteiger partial charge in [0.2, 0.25) is 0 Å². The molecule has 1 N–H and O–H groups in total. The third-order valence-corrected chi connectivity index (χ3v) is 5.17. The second-order valence-corrected chi connectivity index (χ2v) is 6.67. The van der Waals surface area contributed by atoms with E-state index in [4.69, 9.17) is 0 Å². The molecule has 3 heterocycles. The number of pyridine rings is 1. The van der Waals surface area contributed by atoms with E-state index in [1.165, 1.54) is 4.70 Å². The number of carboxylic acids is 1. The van der Waals surface area contributed by atoms with E-state index in [1.807, 2.05) is 24.3 Å². The predicted octanol–water partition coefficient (Wildman–Crippen LogP) is 4.21. The van der Waals surface area contributed by atoms with E-state index in [9.17, 15) is 9.90 Å². The summed E-state index contributed by atoms with van der Waals surface area (Å²) in [5, 5.41) is 12.9. The molecule has 0 saturated carbocycles. The predicted molar refractivity (Wildman–Crippen MR) is 98.1 cm³/mol. The number of rotatable bonds is 4. The standard InChI is InChI=1S/C19H15N3O2S/c1-12-17(19(23)24)22(18(21-12)13-5-4-8-20-9-13)10-14-11-25-16-7-3-2-6-15(14)16/h2-9,11H,10H2,1H3,(H,23,24). The maximum Gasteiger partial charge on any atom is 0.354 e. The van der Waals surface area contributed by atoms with Gasteiger partial charge in [0.05, 0.1) is 12.2 Å². The Balaban J connectivity index is 1.89. The van der Waals surface area contributed by atoms with Crippen molar-refractivity contribution < 1.29 is 9.90 Å². The molecule has 0 atom stereocenters. The molecule has 25 heavy (non-hydrogen) atoms. The zero-order valence-corrected chi connectivity index (χ0v) is 14.3. The van der Waals surface area contributed by atoms with Crippen molar-refractivity contribution in [2.75, 3.05) is 0 Å². The lowest BCUT2D eigenvalue weighted by Gasteiger charge is -2.10. The van der Waals surface area contributed by atoms with Crippen molar-refractivity contribution in [2.24, 2.45) is 0 Å². The zero-order chi connectivity index (χ0) is 17.4. The van der Waals surface area contributed by atoms with Gasteiger partial charge in [-0.2, -0.15) is 0 Å². The summed E-state index contributed by atoms with van der Waals surface area (Å²) in [6.45, 7) is 2.18. The number of aryl methyl sites for hydroxylation is 1. The van der Waals surface area contributed by atoms with E-state index in [0.29, 0.717) is 18.1 Å². The first kappa shape index (κ1) is 15.5. The summed E-state index contributed by atoms with van der Waals surface area (Å²) < 4.78 is 2.96. The van der Waals surface area contributed by atoms with Crippen LogP contribution in [0.5, 0.6) is 0 Å². The summed E-state index contributed by atoms with van der Waals surface area (Å²) in [5.74, 6) is -0.349. The number of benzene rings is 1. The van der Waals surface area contributed by atoms with Crippen LogP contribution >= 0.6 is 11.3 Å². The number of aromatic nitrogens is 3. The minimum Gasteiger partial charge on any atom is -0.477 e. The van der Waals surface area contributed by atoms with Gasteiger partial charge in [-0.25, -0.2) is 9.78 Å². The van der Waals surface area contributed by atoms with Crippen molar-refractivity contribution in [3.05, 3.63) is 71.1 Å². The Bertz CT molecular complexity index is 1070. The fraction of sp³-hybridized carbons (Fsp3) is 0.105. The van der Waals surface area contributed by atoms with Crippen LogP contribution in [0.3, 0.4) is 0 Å². The van der Waals surface area contributed by atoms with Gasteiger partial charge in [-0.05, 0) is 41.5 Å². The number of hydrogen-bond donors (Lipinski definition) is 1. The van der Waals surface area contributed by atoms with Crippen LogP contribution in [0.1, 0.15) is 21.7 Å². The quantitative estimate of drug-likeness (QED) is 0.599. The fourth-order valence-corrected chi connectivity index (χ4v) is 3.99. The summed E-state index contributed by atoms with van der Waals surface area (Å²) in [6, 6.07) is 11.9. The molecule has 0 bridgehead atoms. The van der Waals surface area contributed by atoms with Gasteiger partial charge in [0, 0.05) is 22.7 Å². The summed E-state index contributed by atoms with van der Waals surface area (Å²) in [7, 11) is 0. The fourth-order valence-electron chi connectivity index (χ4n) is 3.04. The van der Waals surface area contributed by atoms with Crippen LogP contribution in [-0.2, 0) is 6.54 Å². The monoisotopic (exact) mass is 349 g/mol. The number of aromatic carboxylic acids is 1.